The summed E-state index contributed by atoms with van der Waals surface area (Å²) < 4.78 is 17.0. The standard InChI is InChI=1S/C18H24O5/c1-15-11-17(20,14(19)21-3)13(15)6-8-16(2)12(15)5-4-7-18(16)22-9-10-23-18/h5-6,20H,4,7-11H2,1-3H3/t15-,16+,17+/m1/s1. The SMILES string of the molecule is COC(=O)[C@]1(O)C[C@@]2(C)C1=CC[C@@]1(C)C2=CCCC12OCCO2. The molecule has 1 heterocycles. The predicted molar refractivity (Wildman–Crippen MR) is 82.4 cm³/mol. The van der Waals surface area contributed by atoms with Crippen LogP contribution in [0, 0.1) is 10.8 Å². The number of rotatable bonds is 1. The van der Waals surface area contributed by atoms with Gasteiger partial charge in [-0.2, -0.15) is 0 Å². The molecule has 0 unspecified atom stereocenters. The second kappa shape index (κ2) is 4.47. The molecule has 1 saturated carbocycles. The van der Waals surface area contributed by atoms with Crippen LogP contribution in [-0.2, 0) is 19.0 Å². The third-order valence-corrected chi connectivity index (χ3v) is 6.49. The normalized spacial score (nSPS) is 43.8. The lowest BCUT2D eigenvalue weighted by atomic mass is 9.43. The predicted octanol–water partition coefficient (Wildman–Crippen LogP) is 2.10. The van der Waals surface area contributed by atoms with Crippen LogP contribution in [0.3, 0.4) is 0 Å². The molecule has 126 valence electrons. The summed E-state index contributed by atoms with van der Waals surface area (Å²) in [5.74, 6) is -1.13. The number of ether oxygens (including phenoxy) is 3. The molecule has 0 bridgehead atoms. The van der Waals surface area contributed by atoms with Crippen molar-refractivity contribution in [2.24, 2.45) is 10.8 Å². The maximum atomic E-state index is 12.0. The van der Waals surface area contributed by atoms with Gasteiger partial charge in [-0.1, -0.05) is 31.6 Å². The highest BCUT2D eigenvalue weighted by molar-refractivity contribution is 5.87. The van der Waals surface area contributed by atoms with Crippen molar-refractivity contribution in [3.63, 3.8) is 0 Å². The van der Waals surface area contributed by atoms with Gasteiger partial charge >= 0.3 is 5.97 Å². The number of esters is 1. The first-order valence-corrected chi connectivity index (χ1v) is 8.33. The Kier molecular flexibility index (Phi) is 2.98. The Labute approximate surface area is 136 Å². The van der Waals surface area contributed by atoms with E-state index in [1.54, 1.807) is 0 Å². The molecular weight excluding hydrogens is 296 g/mol. The van der Waals surface area contributed by atoms with Crippen molar-refractivity contribution in [1.29, 1.82) is 0 Å². The topological polar surface area (TPSA) is 65.0 Å². The summed E-state index contributed by atoms with van der Waals surface area (Å²) in [4.78, 5) is 12.0. The van der Waals surface area contributed by atoms with Crippen molar-refractivity contribution in [3.8, 4) is 0 Å². The van der Waals surface area contributed by atoms with E-state index in [1.165, 1.54) is 12.7 Å². The van der Waals surface area contributed by atoms with Gasteiger partial charge in [-0.05, 0) is 18.4 Å². The van der Waals surface area contributed by atoms with Crippen LogP contribution in [-0.4, -0.2) is 42.8 Å². The van der Waals surface area contributed by atoms with Crippen LogP contribution in [0.25, 0.3) is 0 Å². The molecule has 4 rings (SSSR count). The van der Waals surface area contributed by atoms with E-state index in [1.807, 2.05) is 6.08 Å². The number of hydrogen-bond donors (Lipinski definition) is 1. The molecular formula is C18H24O5. The van der Waals surface area contributed by atoms with E-state index >= 15 is 0 Å². The summed E-state index contributed by atoms with van der Waals surface area (Å²) in [6.45, 7) is 5.55. The Balaban J connectivity index is 1.79. The van der Waals surface area contributed by atoms with Crippen LogP contribution >= 0.6 is 0 Å². The number of allylic oxidation sites excluding steroid dienone is 2. The van der Waals surface area contributed by atoms with Gasteiger partial charge in [0, 0.05) is 23.7 Å². The molecule has 3 atom stereocenters. The Bertz CT molecular complexity index is 629. The molecule has 23 heavy (non-hydrogen) atoms. The molecule has 0 amide bonds. The van der Waals surface area contributed by atoms with E-state index in [2.05, 4.69) is 19.9 Å². The molecule has 1 aliphatic heterocycles. The summed E-state index contributed by atoms with van der Waals surface area (Å²) in [5.41, 5.74) is -0.0380. The van der Waals surface area contributed by atoms with Gasteiger partial charge in [0.15, 0.2) is 11.4 Å². The van der Waals surface area contributed by atoms with E-state index in [0.29, 0.717) is 26.1 Å². The van der Waals surface area contributed by atoms with Crippen LogP contribution in [0.1, 0.15) is 39.5 Å². The first-order valence-electron chi connectivity index (χ1n) is 8.33. The van der Waals surface area contributed by atoms with Gasteiger partial charge in [-0.3, -0.25) is 0 Å². The van der Waals surface area contributed by atoms with Gasteiger partial charge in [0.25, 0.3) is 0 Å². The zero-order valence-corrected chi connectivity index (χ0v) is 14.0. The second-order valence-corrected chi connectivity index (χ2v) is 7.62. The number of methoxy groups -OCH3 is 1. The fraction of sp³-hybridized carbons (Fsp3) is 0.722. The molecule has 0 aromatic rings. The third kappa shape index (κ3) is 1.61. The van der Waals surface area contributed by atoms with Gasteiger partial charge in [0.1, 0.15) is 0 Å². The van der Waals surface area contributed by atoms with E-state index in [-0.39, 0.29) is 10.8 Å². The average Bonchev–Trinajstić information content (AvgIpc) is 2.98. The van der Waals surface area contributed by atoms with Crippen LogP contribution < -0.4 is 0 Å². The summed E-state index contributed by atoms with van der Waals surface area (Å²) in [5, 5.41) is 10.7. The number of aliphatic hydroxyl groups is 1. The molecule has 2 fully saturated rings. The minimum Gasteiger partial charge on any atom is -0.467 e. The average molecular weight is 320 g/mol. The molecule has 4 aliphatic rings. The largest absolute Gasteiger partial charge is 0.467 e. The number of carbonyl (C=O) groups excluding carboxylic acids is 1. The van der Waals surface area contributed by atoms with Crippen molar-refractivity contribution in [3.05, 3.63) is 23.3 Å². The Morgan fingerprint density at radius 2 is 1.91 bits per heavy atom. The van der Waals surface area contributed by atoms with Crippen LogP contribution in [0.4, 0.5) is 0 Å². The maximum Gasteiger partial charge on any atom is 0.342 e. The summed E-state index contributed by atoms with van der Waals surface area (Å²) in [6.07, 6.45) is 7.08. The van der Waals surface area contributed by atoms with E-state index < -0.39 is 17.4 Å². The molecule has 5 heteroatoms. The molecule has 3 aliphatic carbocycles. The number of carbonyl (C=O) groups is 1. The van der Waals surface area contributed by atoms with Crippen molar-refractivity contribution in [2.45, 2.75) is 50.9 Å². The third-order valence-electron chi connectivity index (χ3n) is 6.49. The van der Waals surface area contributed by atoms with Gasteiger partial charge < -0.3 is 19.3 Å². The highest BCUT2D eigenvalue weighted by atomic mass is 16.7. The lowest BCUT2D eigenvalue weighted by molar-refractivity contribution is -0.237. The number of hydrogen-bond acceptors (Lipinski definition) is 5. The van der Waals surface area contributed by atoms with Crippen molar-refractivity contribution >= 4 is 5.97 Å². The quantitative estimate of drug-likeness (QED) is 0.592. The van der Waals surface area contributed by atoms with Gasteiger partial charge in [0.2, 0.25) is 0 Å². The van der Waals surface area contributed by atoms with E-state index in [4.69, 9.17) is 14.2 Å². The summed E-state index contributed by atoms with van der Waals surface area (Å²) in [6, 6.07) is 0. The Hall–Kier alpha value is -1.17. The van der Waals surface area contributed by atoms with Crippen LogP contribution in [0.15, 0.2) is 23.3 Å². The van der Waals surface area contributed by atoms with E-state index in [9.17, 15) is 9.90 Å². The molecule has 5 nitrogen and oxygen atoms in total. The fourth-order valence-corrected chi connectivity index (χ4v) is 5.47. The molecule has 0 radical (unpaired) electrons. The second-order valence-electron chi connectivity index (χ2n) is 7.62. The lowest BCUT2D eigenvalue weighted by Crippen LogP contribution is -2.65. The fourth-order valence-electron chi connectivity index (χ4n) is 5.47. The molecule has 1 spiro atoms. The molecule has 0 aromatic carbocycles. The maximum absolute atomic E-state index is 12.0. The molecule has 1 saturated heterocycles. The number of fused-ring (bicyclic) bond motifs is 4. The minimum absolute atomic E-state index is 0.253. The summed E-state index contributed by atoms with van der Waals surface area (Å²) in [7, 11) is 1.32. The Morgan fingerprint density at radius 3 is 2.57 bits per heavy atom. The van der Waals surface area contributed by atoms with Crippen molar-refractivity contribution in [1.82, 2.24) is 0 Å². The van der Waals surface area contributed by atoms with Gasteiger partial charge in [-0.15, -0.1) is 0 Å². The van der Waals surface area contributed by atoms with Crippen LogP contribution in [0.5, 0.6) is 0 Å². The summed E-state index contributed by atoms with van der Waals surface area (Å²) >= 11 is 0. The van der Waals surface area contributed by atoms with E-state index in [0.717, 1.165) is 18.4 Å². The van der Waals surface area contributed by atoms with Gasteiger partial charge in [0.05, 0.1) is 20.3 Å². The zero-order valence-electron chi connectivity index (χ0n) is 14.0. The molecule has 0 aromatic heterocycles. The molecule has 1 N–H and O–H groups in total. The van der Waals surface area contributed by atoms with Crippen molar-refractivity contribution < 1.29 is 24.1 Å². The zero-order chi connectivity index (χ0) is 16.5. The lowest BCUT2D eigenvalue weighted by Gasteiger charge is -2.63. The monoisotopic (exact) mass is 320 g/mol. The first-order chi connectivity index (χ1) is 10.8. The van der Waals surface area contributed by atoms with Crippen molar-refractivity contribution in [2.75, 3.05) is 20.3 Å². The minimum atomic E-state index is -1.48. The first kappa shape index (κ1) is 15.4. The van der Waals surface area contributed by atoms with Gasteiger partial charge in [-0.25, -0.2) is 4.79 Å². The Morgan fingerprint density at radius 1 is 1.22 bits per heavy atom. The van der Waals surface area contributed by atoms with Crippen LogP contribution in [0.2, 0.25) is 0 Å². The smallest absolute Gasteiger partial charge is 0.342 e. The highest BCUT2D eigenvalue weighted by Gasteiger charge is 2.70. The highest BCUT2D eigenvalue weighted by Crippen LogP contribution is 2.69.